The van der Waals surface area contributed by atoms with Gasteiger partial charge in [0.1, 0.15) is 49.4 Å². The van der Waals surface area contributed by atoms with Crippen molar-refractivity contribution in [1.82, 2.24) is 0 Å². The molecule has 308 valence electrons. The Labute approximate surface area is 333 Å². The summed E-state index contributed by atoms with van der Waals surface area (Å²) >= 11 is 0. The van der Waals surface area contributed by atoms with Gasteiger partial charge in [-0.3, -0.25) is 0 Å². The maximum atomic E-state index is 14.7. The number of hydrogen-bond acceptors (Lipinski definition) is 10. The lowest BCUT2D eigenvalue weighted by atomic mass is 9.73. The van der Waals surface area contributed by atoms with Crippen molar-refractivity contribution in [3.05, 3.63) is 157 Å². The molecule has 16 heteroatoms. The fraction of sp³-hybridized carbons (Fsp3) is 0.163. The molecule has 0 atom stereocenters. The van der Waals surface area contributed by atoms with E-state index < -0.39 is 52.8 Å². The molecule has 0 fully saturated rings. The van der Waals surface area contributed by atoms with Crippen molar-refractivity contribution < 1.29 is 73.9 Å². The number of alkyl halides is 6. The van der Waals surface area contributed by atoms with Crippen molar-refractivity contribution in [2.75, 3.05) is 26.4 Å². The summed E-state index contributed by atoms with van der Waals surface area (Å²) in [6, 6.07) is 18.1. The van der Waals surface area contributed by atoms with Gasteiger partial charge in [-0.05, 0) is 82.9 Å². The molecule has 0 aromatic heterocycles. The lowest BCUT2D eigenvalue weighted by molar-refractivity contribution is -0.288. The number of hydrogen-bond donors (Lipinski definition) is 0. The molecule has 4 aromatic carbocycles. The van der Waals surface area contributed by atoms with E-state index in [4.69, 9.17) is 28.4 Å². The zero-order valence-electron chi connectivity index (χ0n) is 30.8. The maximum Gasteiger partial charge on any atom is 0.411 e. The zero-order valence-corrected chi connectivity index (χ0v) is 30.8. The Balaban J connectivity index is 1.40. The molecule has 0 heterocycles. The van der Waals surface area contributed by atoms with Crippen molar-refractivity contribution in [3.8, 4) is 23.0 Å². The van der Waals surface area contributed by atoms with E-state index in [0.717, 1.165) is 48.6 Å². The second kappa shape index (κ2) is 20.4. The van der Waals surface area contributed by atoms with E-state index in [1.165, 1.54) is 12.2 Å². The normalized spacial score (nSPS) is 11.8. The summed E-state index contributed by atoms with van der Waals surface area (Å²) in [5, 5.41) is 0. The molecule has 0 radical (unpaired) electrons. The number of carbonyl (C=O) groups is 4. The molecule has 4 aromatic rings. The second-order valence-corrected chi connectivity index (χ2v) is 11.9. The third-order valence-electron chi connectivity index (χ3n) is 7.97. The average molecular weight is 825 g/mol. The van der Waals surface area contributed by atoms with Crippen LogP contribution in [0.15, 0.2) is 135 Å². The molecule has 4 rings (SSSR count). The fourth-order valence-electron chi connectivity index (χ4n) is 5.23. The molecule has 0 aliphatic heterocycles. The monoisotopic (exact) mass is 824 g/mol. The molecule has 0 unspecified atom stereocenters. The largest absolute Gasteiger partial charge is 0.490 e. The molecule has 0 aliphatic carbocycles. The minimum Gasteiger partial charge on any atom is -0.490 e. The van der Waals surface area contributed by atoms with Crippen molar-refractivity contribution in [2.24, 2.45) is 0 Å². The Morgan fingerprint density at radius 1 is 0.458 bits per heavy atom. The van der Waals surface area contributed by atoms with Gasteiger partial charge in [-0.2, -0.15) is 26.3 Å². The van der Waals surface area contributed by atoms with Gasteiger partial charge in [-0.25, -0.2) is 19.2 Å². The van der Waals surface area contributed by atoms with Crippen LogP contribution in [0.1, 0.15) is 22.3 Å². The first-order valence-corrected chi connectivity index (χ1v) is 17.2. The van der Waals surface area contributed by atoms with Crippen molar-refractivity contribution in [3.63, 3.8) is 0 Å². The molecule has 59 heavy (non-hydrogen) atoms. The predicted octanol–water partition coefficient (Wildman–Crippen LogP) is 8.55. The van der Waals surface area contributed by atoms with Gasteiger partial charge in [-0.1, -0.05) is 61.7 Å². The van der Waals surface area contributed by atoms with Crippen molar-refractivity contribution >= 4 is 36.0 Å². The van der Waals surface area contributed by atoms with Gasteiger partial charge in [0.25, 0.3) is 0 Å². The Morgan fingerprint density at radius 2 is 0.780 bits per heavy atom. The van der Waals surface area contributed by atoms with Crippen LogP contribution in [0.2, 0.25) is 0 Å². The highest BCUT2D eigenvalue weighted by molar-refractivity contribution is 5.89. The van der Waals surface area contributed by atoms with Crippen LogP contribution >= 0.6 is 0 Å². The van der Waals surface area contributed by atoms with Gasteiger partial charge in [0.2, 0.25) is 5.41 Å². The molecule has 0 bridgehead atoms. The van der Waals surface area contributed by atoms with Gasteiger partial charge in [-0.15, -0.1) is 0 Å². The average Bonchev–Trinajstić information content (AvgIpc) is 3.20. The van der Waals surface area contributed by atoms with Crippen LogP contribution in [0, 0.1) is 0 Å². The smallest absolute Gasteiger partial charge is 0.411 e. The van der Waals surface area contributed by atoms with E-state index in [1.807, 2.05) is 0 Å². The summed E-state index contributed by atoms with van der Waals surface area (Å²) in [7, 11) is 0. The van der Waals surface area contributed by atoms with Gasteiger partial charge in [0.05, 0.1) is 0 Å². The van der Waals surface area contributed by atoms with Crippen LogP contribution < -0.4 is 18.9 Å². The molecular weight excluding hydrogens is 790 g/mol. The fourth-order valence-corrected chi connectivity index (χ4v) is 5.23. The number of benzene rings is 4. The molecular formula is C43H34F6O10. The van der Waals surface area contributed by atoms with Crippen molar-refractivity contribution in [1.29, 1.82) is 0 Å². The first kappa shape index (κ1) is 44.6. The summed E-state index contributed by atoms with van der Waals surface area (Å²) in [6.07, 6.45) is -5.08. The minimum absolute atomic E-state index is 0.00372. The van der Waals surface area contributed by atoms with Gasteiger partial charge >= 0.3 is 36.2 Å². The molecule has 0 aliphatic rings. The molecule has 10 nitrogen and oxygen atoms in total. The summed E-state index contributed by atoms with van der Waals surface area (Å²) in [6.45, 7) is 6.70. The minimum atomic E-state index is -5.91. The highest BCUT2D eigenvalue weighted by Gasteiger charge is 2.72. The van der Waals surface area contributed by atoms with E-state index in [-0.39, 0.29) is 37.9 Å². The Bertz CT molecular complexity index is 1980. The number of esters is 4. The van der Waals surface area contributed by atoms with Crippen LogP contribution in [0.3, 0.4) is 0 Å². The predicted molar refractivity (Wildman–Crippen MR) is 201 cm³/mol. The number of halogens is 6. The highest BCUT2D eigenvalue weighted by Crippen LogP contribution is 2.56. The standard InChI is InChI=1S/C43H34F6O10/c1-3-37(50)56-27-25-54-33-15-5-29(6-16-33)9-23-39(52)58-35-19-11-31(12-20-35)41(42(44,45)46,43(47,48)49)32-13-21-36(22-14-32)59-40(53)24-10-30-7-17-34(18-8-30)55-26-28-57-38(51)4-2/h3-24H,1-2,25-28H2. The van der Waals surface area contributed by atoms with Crippen LogP contribution in [-0.2, 0) is 34.1 Å². The third-order valence-corrected chi connectivity index (χ3v) is 7.97. The quantitative estimate of drug-likeness (QED) is 0.0317. The first-order valence-electron chi connectivity index (χ1n) is 17.2. The summed E-state index contributed by atoms with van der Waals surface area (Å²) in [4.78, 5) is 47.0. The molecule has 0 amide bonds. The van der Waals surface area contributed by atoms with E-state index in [9.17, 15) is 45.5 Å². The van der Waals surface area contributed by atoms with Crippen molar-refractivity contribution in [2.45, 2.75) is 17.8 Å². The maximum absolute atomic E-state index is 14.7. The highest BCUT2D eigenvalue weighted by atomic mass is 19.4. The van der Waals surface area contributed by atoms with Crippen LogP contribution in [0.5, 0.6) is 23.0 Å². The number of carbonyl (C=O) groups excluding carboxylic acids is 4. The third kappa shape index (κ3) is 12.4. The second-order valence-electron chi connectivity index (χ2n) is 11.9. The molecule has 0 saturated carbocycles. The van der Waals surface area contributed by atoms with Gasteiger partial charge < -0.3 is 28.4 Å². The zero-order chi connectivity index (χ0) is 43.1. The van der Waals surface area contributed by atoms with E-state index in [0.29, 0.717) is 46.9 Å². The summed E-state index contributed by atoms with van der Waals surface area (Å²) in [5.41, 5.74) is -5.90. The first-order chi connectivity index (χ1) is 28.0. The molecule has 0 N–H and O–H groups in total. The Morgan fingerprint density at radius 3 is 1.08 bits per heavy atom. The summed E-state index contributed by atoms with van der Waals surface area (Å²) < 4.78 is 119. The van der Waals surface area contributed by atoms with E-state index in [1.54, 1.807) is 48.5 Å². The van der Waals surface area contributed by atoms with E-state index >= 15 is 0 Å². The topological polar surface area (TPSA) is 124 Å². The summed E-state index contributed by atoms with van der Waals surface area (Å²) in [5.74, 6) is -2.91. The Hall–Kier alpha value is -7.10. The molecule has 0 saturated heterocycles. The lowest BCUT2D eigenvalue weighted by Gasteiger charge is -2.38. The van der Waals surface area contributed by atoms with Crippen LogP contribution in [0.4, 0.5) is 26.3 Å². The van der Waals surface area contributed by atoms with Gasteiger partial charge in [0.15, 0.2) is 0 Å². The number of rotatable bonds is 18. The number of ether oxygens (including phenoxy) is 6. The van der Waals surface area contributed by atoms with Gasteiger partial charge in [0, 0.05) is 24.3 Å². The molecule has 0 spiro atoms. The van der Waals surface area contributed by atoms with Crippen LogP contribution in [0.25, 0.3) is 12.2 Å². The Kier molecular flexibility index (Phi) is 15.4. The SMILES string of the molecule is C=CC(=O)OCCOc1ccc(C=CC(=O)Oc2ccc(C(c3ccc(OC(=O)C=Cc4ccc(OCCOC(=O)C=C)cc4)cc3)(C(F)(F)F)C(F)(F)F)cc2)cc1. The lowest BCUT2D eigenvalue weighted by Crippen LogP contribution is -2.54. The van der Waals surface area contributed by atoms with E-state index in [2.05, 4.69) is 13.2 Å². The van der Waals surface area contributed by atoms with Crippen LogP contribution in [-0.4, -0.2) is 62.7 Å².